The third-order valence-corrected chi connectivity index (χ3v) is 7.45. The Kier molecular flexibility index (Phi) is 7.69. The van der Waals surface area contributed by atoms with Crippen molar-refractivity contribution in [3.63, 3.8) is 0 Å². The number of piperazine rings is 1. The molecule has 1 aliphatic rings. The molecule has 150 valence electrons. The van der Waals surface area contributed by atoms with E-state index >= 15 is 0 Å². The summed E-state index contributed by atoms with van der Waals surface area (Å²) in [5.74, 6) is 0.480. The van der Waals surface area contributed by atoms with Gasteiger partial charge in [0.25, 0.3) is 0 Å². The van der Waals surface area contributed by atoms with Gasteiger partial charge in [-0.25, -0.2) is 8.42 Å². The summed E-state index contributed by atoms with van der Waals surface area (Å²) in [5.41, 5.74) is 1.75. The SMILES string of the molecule is COC(=O)CCSCC(=O)N1CCN(S(=O)(=O)c2ccc(C)cc2C)CC1. The molecule has 0 spiro atoms. The molecule has 2 rings (SSSR count). The van der Waals surface area contributed by atoms with Crippen LogP contribution in [0.1, 0.15) is 17.5 Å². The molecule has 1 saturated heterocycles. The number of carbonyl (C=O) groups is 2. The number of benzene rings is 1. The van der Waals surface area contributed by atoms with Crippen LogP contribution in [0.15, 0.2) is 23.1 Å². The van der Waals surface area contributed by atoms with Gasteiger partial charge in [-0.1, -0.05) is 17.7 Å². The molecule has 7 nitrogen and oxygen atoms in total. The molecule has 1 aliphatic heterocycles. The van der Waals surface area contributed by atoms with Crippen LogP contribution in [0.2, 0.25) is 0 Å². The maximum Gasteiger partial charge on any atom is 0.306 e. The molecule has 0 saturated carbocycles. The molecule has 1 aromatic rings. The van der Waals surface area contributed by atoms with E-state index in [9.17, 15) is 18.0 Å². The van der Waals surface area contributed by atoms with E-state index in [1.165, 1.54) is 23.2 Å². The van der Waals surface area contributed by atoms with Gasteiger partial charge in [0.2, 0.25) is 15.9 Å². The maximum atomic E-state index is 12.9. The van der Waals surface area contributed by atoms with Crippen molar-refractivity contribution in [2.45, 2.75) is 25.2 Å². The molecule has 9 heteroatoms. The lowest BCUT2D eigenvalue weighted by Gasteiger charge is -2.34. The molecule has 0 aromatic heterocycles. The van der Waals surface area contributed by atoms with Crippen LogP contribution in [0.5, 0.6) is 0 Å². The number of esters is 1. The normalized spacial score (nSPS) is 15.6. The lowest BCUT2D eigenvalue weighted by Crippen LogP contribution is -2.51. The fourth-order valence-corrected chi connectivity index (χ4v) is 5.35. The van der Waals surface area contributed by atoms with Gasteiger partial charge in [0, 0.05) is 31.9 Å². The quantitative estimate of drug-likeness (QED) is 0.496. The molecule has 0 bridgehead atoms. The Hall–Kier alpha value is -1.58. The third kappa shape index (κ3) is 5.70. The maximum absolute atomic E-state index is 12.9. The number of methoxy groups -OCH3 is 1. The molecule has 0 unspecified atom stereocenters. The number of hydrogen-bond acceptors (Lipinski definition) is 6. The topological polar surface area (TPSA) is 84.0 Å². The van der Waals surface area contributed by atoms with Crippen molar-refractivity contribution >= 4 is 33.7 Å². The molecule has 1 heterocycles. The number of nitrogens with zero attached hydrogens (tertiary/aromatic N) is 2. The van der Waals surface area contributed by atoms with Gasteiger partial charge < -0.3 is 9.64 Å². The monoisotopic (exact) mass is 414 g/mol. The number of thioether (sulfide) groups is 1. The highest BCUT2D eigenvalue weighted by Crippen LogP contribution is 2.22. The summed E-state index contributed by atoms with van der Waals surface area (Å²) in [6, 6.07) is 5.30. The molecule has 27 heavy (non-hydrogen) atoms. The molecule has 0 radical (unpaired) electrons. The fraction of sp³-hybridized carbons (Fsp3) is 0.556. The van der Waals surface area contributed by atoms with E-state index in [4.69, 9.17) is 0 Å². The van der Waals surface area contributed by atoms with Crippen molar-refractivity contribution in [3.8, 4) is 0 Å². The summed E-state index contributed by atoms with van der Waals surface area (Å²) < 4.78 is 31.7. The minimum absolute atomic E-state index is 0.0339. The Labute approximate surface area is 165 Å². The van der Waals surface area contributed by atoms with Crippen molar-refractivity contribution < 1.29 is 22.7 Å². The van der Waals surface area contributed by atoms with Crippen molar-refractivity contribution in [1.29, 1.82) is 0 Å². The standard InChI is InChI=1S/C18H26N2O5S2/c1-14-4-5-16(15(2)12-14)27(23,24)20-9-7-19(8-10-20)17(21)13-26-11-6-18(22)25-3/h4-5,12H,6-11,13H2,1-3H3. The van der Waals surface area contributed by atoms with Crippen LogP contribution in [-0.2, 0) is 24.3 Å². The Morgan fingerprint density at radius 1 is 1.15 bits per heavy atom. The number of rotatable bonds is 7. The van der Waals surface area contributed by atoms with Crippen LogP contribution in [0, 0.1) is 13.8 Å². The first kappa shape index (κ1) is 21.7. The molecule has 0 N–H and O–H groups in total. The summed E-state index contributed by atoms with van der Waals surface area (Å²) in [7, 11) is -2.22. The highest BCUT2D eigenvalue weighted by molar-refractivity contribution is 7.99. The summed E-state index contributed by atoms with van der Waals surface area (Å²) in [6.07, 6.45) is 0.274. The second-order valence-electron chi connectivity index (χ2n) is 6.43. The van der Waals surface area contributed by atoms with E-state index in [2.05, 4.69) is 4.74 Å². The Balaban J connectivity index is 1.87. The Morgan fingerprint density at radius 2 is 1.81 bits per heavy atom. The second-order valence-corrected chi connectivity index (χ2v) is 9.44. The van der Waals surface area contributed by atoms with Gasteiger partial charge >= 0.3 is 5.97 Å². The van der Waals surface area contributed by atoms with E-state index in [0.717, 1.165) is 11.1 Å². The zero-order valence-electron chi connectivity index (χ0n) is 15.9. The predicted octanol–water partition coefficient (Wildman–Crippen LogP) is 1.43. The lowest BCUT2D eigenvalue weighted by molar-refractivity contribution is -0.140. The Morgan fingerprint density at radius 3 is 2.41 bits per heavy atom. The average Bonchev–Trinajstić information content (AvgIpc) is 2.64. The van der Waals surface area contributed by atoms with Gasteiger partial charge in [-0.3, -0.25) is 9.59 Å². The van der Waals surface area contributed by atoms with Crippen LogP contribution < -0.4 is 0 Å². The van der Waals surface area contributed by atoms with Crippen LogP contribution in [-0.4, -0.2) is 74.3 Å². The molecular formula is C18H26N2O5S2. The van der Waals surface area contributed by atoms with Crippen molar-refractivity contribution in [1.82, 2.24) is 9.21 Å². The van der Waals surface area contributed by atoms with Gasteiger partial charge in [-0.05, 0) is 25.5 Å². The average molecular weight is 415 g/mol. The molecule has 1 aromatic carbocycles. The largest absolute Gasteiger partial charge is 0.469 e. The lowest BCUT2D eigenvalue weighted by atomic mass is 10.2. The second kappa shape index (κ2) is 9.57. The first-order valence-corrected chi connectivity index (χ1v) is 11.3. The van der Waals surface area contributed by atoms with Gasteiger partial charge in [-0.15, -0.1) is 0 Å². The Bertz CT molecular complexity index is 787. The minimum atomic E-state index is -3.55. The van der Waals surface area contributed by atoms with Crippen molar-refractivity contribution in [2.75, 3.05) is 44.8 Å². The predicted molar refractivity (Wildman–Crippen MR) is 105 cm³/mol. The highest BCUT2D eigenvalue weighted by Gasteiger charge is 2.30. The van der Waals surface area contributed by atoms with E-state index in [1.54, 1.807) is 24.0 Å². The fourth-order valence-electron chi connectivity index (χ4n) is 2.91. The zero-order valence-corrected chi connectivity index (χ0v) is 17.6. The summed E-state index contributed by atoms with van der Waals surface area (Å²) in [5, 5.41) is 0. The summed E-state index contributed by atoms with van der Waals surface area (Å²) in [6.45, 7) is 5.05. The van der Waals surface area contributed by atoms with E-state index in [0.29, 0.717) is 23.7 Å². The van der Waals surface area contributed by atoms with Crippen molar-refractivity contribution in [2.24, 2.45) is 0 Å². The first-order chi connectivity index (χ1) is 12.8. The van der Waals surface area contributed by atoms with E-state index in [1.807, 2.05) is 13.0 Å². The zero-order chi connectivity index (χ0) is 20.0. The van der Waals surface area contributed by atoms with Crippen molar-refractivity contribution in [3.05, 3.63) is 29.3 Å². The number of amides is 1. The minimum Gasteiger partial charge on any atom is -0.469 e. The van der Waals surface area contributed by atoms with Crippen LogP contribution in [0.3, 0.4) is 0 Å². The van der Waals surface area contributed by atoms with Gasteiger partial charge in [0.1, 0.15) is 0 Å². The van der Waals surface area contributed by atoms with Crippen LogP contribution >= 0.6 is 11.8 Å². The number of carbonyl (C=O) groups excluding carboxylic acids is 2. The number of sulfonamides is 1. The number of hydrogen-bond donors (Lipinski definition) is 0. The van der Waals surface area contributed by atoms with Gasteiger partial charge in [-0.2, -0.15) is 16.1 Å². The van der Waals surface area contributed by atoms with Gasteiger partial charge in [0.05, 0.1) is 24.2 Å². The van der Waals surface area contributed by atoms with E-state index in [-0.39, 0.29) is 37.1 Å². The molecule has 1 amide bonds. The number of ether oxygens (including phenoxy) is 1. The summed E-state index contributed by atoms with van der Waals surface area (Å²) >= 11 is 1.38. The molecular weight excluding hydrogens is 388 g/mol. The molecule has 0 aliphatic carbocycles. The van der Waals surface area contributed by atoms with Crippen LogP contribution in [0.4, 0.5) is 0 Å². The molecule has 0 atom stereocenters. The summed E-state index contributed by atoms with van der Waals surface area (Å²) in [4.78, 5) is 25.3. The highest BCUT2D eigenvalue weighted by atomic mass is 32.2. The first-order valence-electron chi connectivity index (χ1n) is 8.75. The van der Waals surface area contributed by atoms with E-state index < -0.39 is 10.0 Å². The van der Waals surface area contributed by atoms with Gasteiger partial charge in [0.15, 0.2) is 0 Å². The molecule has 1 fully saturated rings. The number of aryl methyl sites for hydroxylation is 2. The third-order valence-electron chi connectivity index (χ3n) is 4.44. The smallest absolute Gasteiger partial charge is 0.306 e. The van der Waals surface area contributed by atoms with Crippen LogP contribution in [0.25, 0.3) is 0 Å².